The van der Waals surface area contributed by atoms with E-state index in [0.29, 0.717) is 0 Å². The molecular formula is C8H12Cl2O4. The van der Waals surface area contributed by atoms with Gasteiger partial charge in [0.2, 0.25) is 0 Å². The van der Waals surface area contributed by atoms with Crippen molar-refractivity contribution in [1.29, 1.82) is 0 Å². The van der Waals surface area contributed by atoms with Crippen LogP contribution in [0.3, 0.4) is 0 Å². The highest BCUT2D eigenvalue weighted by atomic mass is 35.5. The summed E-state index contributed by atoms with van der Waals surface area (Å²) in [5.41, 5.74) is -0.881. The standard InChI is InChI=1S/C8H12Cl2O4/c1-8(2,14-7(12)4-10)5-13-6(11)3-9/h3-5H2,1-2H3. The topological polar surface area (TPSA) is 52.6 Å². The van der Waals surface area contributed by atoms with Crippen LogP contribution in [0.25, 0.3) is 0 Å². The highest BCUT2D eigenvalue weighted by molar-refractivity contribution is 6.26. The molecule has 0 aromatic heterocycles. The van der Waals surface area contributed by atoms with Crippen molar-refractivity contribution >= 4 is 35.1 Å². The predicted octanol–water partition coefficient (Wildman–Crippen LogP) is 1.33. The van der Waals surface area contributed by atoms with Gasteiger partial charge in [0.05, 0.1) is 0 Å². The fourth-order valence-corrected chi connectivity index (χ4v) is 0.789. The van der Waals surface area contributed by atoms with Crippen LogP contribution in [0.2, 0.25) is 0 Å². The summed E-state index contributed by atoms with van der Waals surface area (Å²) in [7, 11) is 0. The Morgan fingerprint density at radius 1 is 1.14 bits per heavy atom. The van der Waals surface area contributed by atoms with Gasteiger partial charge in [0, 0.05) is 0 Å². The zero-order chi connectivity index (χ0) is 11.2. The van der Waals surface area contributed by atoms with Gasteiger partial charge in [0.15, 0.2) is 0 Å². The molecule has 0 aliphatic carbocycles. The van der Waals surface area contributed by atoms with E-state index in [1.165, 1.54) is 0 Å². The maximum atomic E-state index is 10.8. The molecule has 0 atom stereocenters. The minimum Gasteiger partial charge on any atom is -0.461 e. The molecule has 0 aliphatic rings. The molecule has 0 radical (unpaired) electrons. The second-order valence-corrected chi connectivity index (χ2v) is 3.70. The van der Waals surface area contributed by atoms with Gasteiger partial charge in [-0.15, -0.1) is 23.2 Å². The van der Waals surface area contributed by atoms with Crippen LogP contribution in [0.4, 0.5) is 0 Å². The Balaban J connectivity index is 3.94. The minimum absolute atomic E-state index is 0.0405. The van der Waals surface area contributed by atoms with Crippen molar-refractivity contribution in [3.8, 4) is 0 Å². The molecule has 0 bridgehead atoms. The van der Waals surface area contributed by atoms with Gasteiger partial charge in [-0.25, -0.2) is 0 Å². The molecule has 0 heterocycles. The van der Waals surface area contributed by atoms with Crippen LogP contribution in [0, 0.1) is 0 Å². The van der Waals surface area contributed by atoms with Gasteiger partial charge in [-0.3, -0.25) is 9.59 Å². The van der Waals surface area contributed by atoms with E-state index in [1.54, 1.807) is 13.8 Å². The lowest BCUT2D eigenvalue weighted by atomic mass is 10.1. The van der Waals surface area contributed by atoms with E-state index >= 15 is 0 Å². The molecule has 0 N–H and O–H groups in total. The van der Waals surface area contributed by atoms with Gasteiger partial charge < -0.3 is 9.47 Å². The van der Waals surface area contributed by atoms with Crippen LogP contribution in [0.5, 0.6) is 0 Å². The summed E-state index contributed by atoms with van der Waals surface area (Å²) in [6, 6.07) is 0. The van der Waals surface area contributed by atoms with E-state index in [9.17, 15) is 9.59 Å². The van der Waals surface area contributed by atoms with Crippen molar-refractivity contribution < 1.29 is 19.1 Å². The first-order valence-electron chi connectivity index (χ1n) is 3.90. The van der Waals surface area contributed by atoms with E-state index in [2.05, 4.69) is 0 Å². The Morgan fingerprint density at radius 3 is 2.07 bits per heavy atom. The molecule has 6 heteroatoms. The van der Waals surface area contributed by atoms with Crippen molar-refractivity contribution in [2.75, 3.05) is 18.4 Å². The third-order valence-corrected chi connectivity index (χ3v) is 1.63. The average molecular weight is 243 g/mol. The average Bonchev–Trinajstić information content (AvgIpc) is 2.13. The van der Waals surface area contributed by atoms with Gasteiger partial charge in [-0.2, -0.15) is 0 Å². The number of carbonyl (C=O) groups excluding carboxylic acids is 2. The van der Waals surface area contributed by atoms with E-state index in [-0.39, 0.29) is 18.4 Å². The molecular weight excluding hydrogens is 231 g/mol. The van der Waals surface area contributed by atoms with Crippen LogP contribution < -0.4 is 0 Å². The number of alkyl halides is 2. The summed E-state index contributed by atoms with van der Waals surface area (Å²) in [4.78, 5) is 21.5. The maximum Gasteiger partial charge on any atom is 0.321 e. The summed E-state index contributed by atoms with van der Waals surface area (Å²) in [6.07, 6.45) is 0. The zero-order valence-corrected chi connectivity index (χ0v) is 9.52. The number of hydrogen-bond donors (Lipinski definition) is 0. The van der Waals surface area contributed by atoms with Gasteiger partial charge in [0.25, 0.3) is 0 Å². The lowest BCUT2D eigenvalue weighted by Crippen LogP contribution is -2.35. The molecule has 14 heavy (non-hydrogen) atoms. The number of carbonyl (C=O) groups is 2. The normalized spacial score (nSPS) is 10.9. The fourth-order valence-electron chi connectivity index (χ4n) is 0.658. The Hall–Kier alpha value is -0.480. The van der Waals surface area contributed by atoms with Crippen molar-refractivity contribution in [3.05, 3.63) is 0 Å². The Labute approximate surface area is 92.5 Å². The monoisotopic (exact) mass is 242 g/mol. The summed E-state index contributed by atoms with van der Waals surface area (Å²) in [5.74, 6) is -1.56. The van der Waals surface area contributed by atoms with Crippen LogP contribution in [0.15, 0.2) is 0 Å². The maximum absolute atomic E-state index is 10.8. The number of ether oxygens (including phenoxy) is 2. The number of hydrogen-bond acceptors (Lipinski definition) is 4. The molecule has 0 aromatic rings. The molecule has 0 fully saturated rings. The van der Waals surface area contributed by atoms with Crippen molar-refractivity contribution in [1.82, 2.24) is 0 Å². The quantitative estimate of drug-likeness (QED) is 0.540. The Morgan fingerprint density at radius 2 is 1.64 bits per heavy atom. The Bertz CT molecular complexity index is 215. The molecule has 82 valence electrons. The van der Waals surface area contributed by atoms with Gasteiger partial charge >= 0.3 is 11.9 Å². The molecule has 0 rings (SSSR count). The summed E-state index contributed by atoms with van der Waals surface area (Å²) in [6.45, 7) is 3.18. The highest BCUT2D eigenvalue weighted by Gasteiger charge is 2.24. The van der Waals surface area contributed by atoms with E-state index in [1.807, 2.05) is 0 Å². The van der Waals surface area contributed by atoms with Crippen LogP contribution >= 0.6 is 23.2 Å². The van der Waals surface area contributed by atoms with E-state index in [4.69, 9.17) is 32.7 Å². The molecule has 0 spiro atoms. The lowest BCUT2D eigenvalue weighted by molar-refractivity contribution is -0.165. The molecule has 0 aromatic carbocycles. The molecule has 0 unspecified atom stereocenters. The molecule has 0 saturated heterocycles. The summed E-state index contributed by atoms with van der Waals surface area (Å²) >= 11 is 10.5. The largest absolute Gasteiger partial charge is 0.461 e. The van der Waals surface area contributed by atoms with Gasteiger partial charge in [0.1, 0.15) is 24.0 Å². The van der Waals surface area contributed by atoms with Crippen molar-refractivity contribution in [3.63, 3.8) is 0 Å². The highest BCUT2D eigenvalue weighted by Crippen LogP contribution is 2.10. The van der Waals surface area contributed by atoms with Crippen LogP contribution in [0.1, 0.15) is 13.8 Å². The zero-order valence-electron chi connectivity index (χ0n) is 8.01. The predicted molar refractivity (Wildman–Crippen MR) is 52.6 cm³/mol. The first kappa shape index (κ1) is 13.5. The van der Waals surface area contributed by atoms with Gasteiger partial charge in [-0.1, -0.05) is 0 Å². The van der Waals surface area contributed by atoms with E-state index < -0.39 is 17.5 Å². The first-order chi connectivity index (χ1) is 6.41. The molecule has 0 aliphatic heterocycles. The third kappa shape index (κ3) is 6.05. The lowest BCUT2D eigenvalue weighted by Gasteiger charge is -2.23. The van der Waals surface area contributed by atoms with Gasteiger partial charge in [-0.05, 0) is 13.8 Å². The second kappa shape index (κ2) is 6.09. The third-order valence-electron chi connectivity index (χ3n) is 1.19. The van der Waals surface area contributed by atoms with Crippen molar-refractivity contribution in [2.45, 2.75) is 19.4 Å². The minimum atomic E-state index is -0.881. The summed E-state index contributed by atoms with van der Waals surface area (Å²) in [5, 5.41) is 0. The number of rotatable bonds is 5. The second-order valence-electron chi connectivity index (χ2n) is 3.16. The summed E-state index contributed by atoms with van der Waals surface area (Å²) < 4.78 is 9.60. The van der Waals surface area contributed by atoms with Crippen LogP contribution in [-0.2, 0) is 19.1 Å². The number of halogens is 2. The molecule has 0 saturated carbocycles. The Kier molecular flexibility index (Phi) is 5.88. The SMILES string of the molecule is CC(C)(COC(=O)CCl)OC(=O)CCl. The van der Waals surface area contributed by atoms with Crippen LogP contribution in [-0.4, -0.2) is 35.9 Å². The molecule has 0 amide bonds. The number of esters is 2. The first-order valence-corrected chi connectivity index (χ1v) is 4.97. The van der Waals surface area contributed by atoms with Crippen molar-refractivity contribution in [2.24, 2.45) is 0 Å². The molecule has 4 nitrogen and oxygen atoms in total. The fraction of sp³-hybridized carbons (Fsp3) is 0.750. The smallest absolute Gasteiger partial charge is 0.321 e. The van der Waals surface area contributed by atoms with E-state index in [0.717, 1.165) is 0 Å².